The summed E-state index contributed by atoms with van der Waals surface area (Å²) in [6.45, 7) is 0.975. The van der Waals surface area contributed by atoms with Crippen LogP contribution in [0.2, 0.25) is 5.15 Å². The average molecular weight is 356 g/mol. The van der Waals surface area contributed by atoms with Crippen LogP contribution in [-0.4, -0.2) is 32.7 Å². The molecule has 0 bridgehead atoms. The van der Waals surface area contributed by atoms with E-state index in [2.05, 4.69) is 25.6 Å². The number of halogens is 2. The molecule has 8 heteroatoms. The number of aromatic nitrogens is 1. The van der Waals surface area contributed by atoms with E-state index in [0.717, 1.165) is 12.8 Å². The Kier molecular flexibility index (Phi) is 4.60. The number of rotatable bonds is 4. The minimum atomic E-state index is -3.57. The van der Waals surface area contributed by atoms with Crippen molar-refractivity contribution >= 4 is 37.6 Å². The fourth-order valence-corrected chi connectivity index (χ4v) is 3.28. The lowest BCUT2D eigenvalue weighted by Gasteiger charge is -2.11. The molecule has 0 radical (unpaired) electrons. The molecule has 1 aliphatic rings. The van der Waals surface area contributed by atoms with Gasteiger partial charge in [0.25, 0.3) is 0 Å². The van der Waals surface area contributed by atoms with Gasteiger partial charge in [-0.2, -0.15) is 0 Å². The quantitative estimate of drug-likeness (QED) is 0.838. The molecule has 1 aliphatic heterocycles. The van der Waals surface area contributed by atoms with Gasteiger partial charge in [-0.05, 0) is 34.8 Å². The van der Waals surface area contributed by atoms with Gasteiger partial charge < -0.3 is 4.74 Å². The van der Waals surface area contributed by atoms with Crippen LogP contribution in [0.25, 0.3) is 0 Å². The Balaban J connectivity index is 2.07. The van der Waals surface area contributed by atoms with Gasteiger partial charge in [0.15, 0.2) is 0 Å². The summed E-state index contributed by atoms with van der Waals surface area (Å²) >= 11 is 8.86. The number of sulfonamides is 1. The Labute approximate surface area is 119 Å². The van der Waals surface area contributed by atoms with Crippen LogP contribution in [-0.2, 0) is 14.8 Å². The van der Waals surface area contributed by atoms with E-state index in [4.69, 9.17) is 16.3 Å². The summed E-state index contributed by atoms with van der Waals surface area (Å²) in [5, 5.41) is 0.230. The molecule has 1 aromatic heterocycles. The van der Waals surface area contributed by atoms with Gasteiger partial charge in [0, 0.05) is 19.3 Å². The molecule has 1 atom stereocenters. The van der Waals surface area contributed by atoms with Gasteiger partial charge in [-0.1, -0.05) is 11.6 Å². The van der Waals surface area contributed by atoms with Crippen LogP contribution in [0.4, 0.5) is 0 Å². The molecule has 2 rings (SSSR count). The second-order valence-corrected chi connectivity index (χ2v) is 6.91. The molecule has 100 valence electrons. The third-order valence-corrected chi connectivity index (χ3v) is 5.13. The molecule has 2 heterocycles. The van der Waals surface area contributed by atoms with Crippen LogP contribution in [0.15, 0.2) is 21.6 Å². The van der Waals surface area contributed by atoms with Crippen molar-refractivity contribution in [1.82, 2.24) is 9.71 Å². The highest BCUT2D eigenvalue weighted by Gasteiger charge is 2.21. The van der Waals surface area contributed by atoms with Gasteiger partial charge in [0.2, 0.25) is 10.0 Å². The van der Waals surface area contributed by atoms with Crippen molar-refractivity contribution in [2.75, 3.05) is 13.2 Å². The molecule has 18 heavy (non-hydrogen) atoms. The van der Waals surface area contributed by atoms with Gasteiger partial charge in [0.05, 0.1) is 10.6 Å². The van der Waals surface area contributed by atoms with Gasteiger partial charge in [-0.3, -0.25) is 0 Å². The van der Waals surface area contributed by atoms with E-state index < -0.39 is 10.0 Å². The number of nitrogens with one attached hydrogen (secondary N) is 1. The number of hydrogen-bond acceptors (Lipinski definition) is 4. The van der Waals surface area contributed by atoms with Crippen LogP contribution >= 0.6 is 27.5 Å². The van der Waals surface area contributed by atoms with E-state index in [1.54, 1.807) is 0 Å². The zero-order valence-electron chi connectivity index (χ0n) is 9.40. The third-order valence-electron chi connectivity index (χ3n) is 2.61. The Morgan fingerprint density at radius 1 is 1.61 bits per heavy atom. The van der Waals surface area contributed by atoms with Crippen molar-refractivity contribution in [3.8, 4) is 0 Å². The van der Waals surface area contributed by atoms with Crippen LogP contribution in [0, 0.1) is 0 Å². The van der Waals surface area contributed by atoms with E-state index in [-0.39, 0.29) is 22.7 Å². The highest BCUT2D eigenvalue weighted by molar-refractivity contribution is 9.10. The lowest BCUT2D eigenvalue weighted by atomic mass is 10.2. The molecule has 0 aromatic carbocycles. The minimum absolute atomic E-state index is 0.0384. The molecule has 0 amide bonds. The summed E-state index contributed by atoms with van der Waals surface area (Å²) in [4.78, 5) is 3.87. The standard InChI is InChI=1S/C10H12BrClN2O3S/c11-9-4-8(6-13-10(9)12)18(15,16)14-5-7-2-1-3-17-7/h4,6-7,14H,1-3,5H2/t7-/m1/s1. The maximum Gasteiger partial charge on any atom is 0.242 e. The van der Waals surface area contributed by atoms with Crippen LogP contribution in [0.3, 0.4) is 0 Å². The largest absolute Gasteiger partial charge is 0.377 e. The maximum absolute atomic E-state index is 12.0. The molecule has 1 saturated heterocycles. The predicted octanol–water partition coefficient (Wildman–Crippen LogP) is 1.95. The third kappa shape index (κ3) is 3.42. The zero-order chi connectivity index (χ0) is 13.2. The fourth-order valence-electron chi connectivity index (χ4n) is 1.64. The first-order valence-corrected chi connectivity index (χ1v) is 8.07. The molecule has 1 fully saturated rings. The highest BCUT2D eigenvalue weighted by Crippen LogP contribution is 2.22. The van der Waals surface area contributed by atoms with Crippen molar-refractivity contribution in [2.45, 2.75) is 23.8 Å². The Bertz CT molecular complexity index is 532. The van der Waals surface area contributed by atoms with Crippen LogP contribution in [0.1, 0.15) is 12.8 Å². The van der Waals surface area contributed by atoms with Gasteiger partial charge in [0.1, 0.15) is 10.0 Å². The lowest BCUT2D eigenvalue weighted by molar-refractivity contribution is 0.114. The summed E-state index contributed by atoms with van der Waals surface area (Å²) in [7, 11) is -3.57. The van der Waals surface area contributed by atoms with Crippen LogP contribution in [0.5, 0.6) is 0 Å². The van der Waals surface area contributed by atoms with E-state index in [1.165, 1.54) is 12.3 Å². The first-order chi connectivity index (χ1) is 8.49. The summed E-state index contributed by atoms with van der Waals surface area (Å²) < 4.78 is 32.3. The van der Waals surface area contributed by atoms with Gasteiger partial charge >= 0.3 is 0 Å². The van der Waals surface area contributed by atoms with Crippen LogP contribution < -0.4 is 4.72 Å². The Morgan fingerprint density at radius 2 is 2.39 bits per heavy atom. The molecular weight excluding hydrogens is 344 g/mol. The van der Waals surface area contributed by atoms with Crippen molar-refractivity contribution in [2.24, 2.45) is 0 Å². The molecule has 0 unspecified atom stereocenters. The first kappa shape index (κ1) is 14.2. The summed E-state index contributed by atoms with van der Waals surface area (Å²) in [6, 6.07) is 1.42. The molecule has 5 nitrogen and oxygen atoms in total. The van der Waals surface area contributed by atoms with Crippen molar-refractivity contribution in [1.29, 1.82) is 0 Å². The first-order valence-electron chi connectivity index (χ1n) is 5.41. The van der Waals surface area contributed by atoms with Gasteiger partial charge in [-0.25, -0.2) is 18.1 Å². The van der Waals surface area contributed by atoms with Crippen molar-refractivity contribution in [3.63, 3.8) is 0 Å². The molecule has 1 aromatic rings. The summed E-state index contributed by atoms with van der Waals surface area (Å²) in [5.41, 5.74) is 0. The molecule has 1 N–H and O–H groups in total. The summed E-state index contributed by atoms with van der Waals surface area (Å²) in [5.74, 6) is 0. The van der Waals surface area contributed by atoms with E-state index >= 15 is 0 Å². The SMILES string of the molecule is O=S(=O)(NC[C@H]1CCCO1)c1cnc(Cl)c(Br)c1. The molecule has 0 aliphatic carbocycles. The number of pyridine rings is 1. The fraction of sp³-hybridized carbons (Fsp3) is 0.500. The van der Waals surface area contributed by atoms with E-state index in [0.29, 0.717) is 11.1 Å². The Morgan fingerprint density at radius 3 is 3.00 bits per heavy atom. The normalized spacial score (nSPS) is 20.2. The van der Waals surface area contributed by atoms with Crippen molar-refractivity contribution < 1.29 is 13.2 Å². The second-order valence-electron chi connectivity index (χ2n) is 3.93. The molecule has 0 spiro atoms. The molecule has 0 saturated carbocycles. The van der Waals surface area contributed by atoms with Gasteiger partial charge in [-0.15, -0.1) is 0 Å². The number of nitrogens with zero attached hydrogens (tertiary/aromatic N) is 1. The summed E-state index contributed by atoms with van der Waals surface area (Å²) in [6.07, 6.45) is 3.04. The smallest absolute Gasteiger partial charge is 0.242 e. The monoisotopic (exact) mass is 354 g/mol. The second kappa shape index (κ2) is 5.83. The zero-order valence-corrected chi connectivity index (χ0v) is 12.6. The lowest BCUT2D eigenvalue weighted by Crippen LogP contribution is -2.31. The maximum atomic E-state index is 12.0. The minimum Gasteiger partial charge on any atom is -0.377 e. The topological polar surface area (TPSA) is 68.3 Å². The van der Waals surface area contributed by atoms with E-state index in [9.17, 15) is 8.42 Å². The van der Waals surface area contributed by atoms with Crippen molar-refractivity contribution in [3.05, 3.63) is 21.9 Å². The average Bonchev–Trinajstić information content (AvgIpc) is 2.83. The number of hydrogen-bond donors (Lipinski definition) is 1. The molecular formula is C10H12BrClN2O3S. The predicted molar refractivity (Wildman–Crippen MR) is 71.1 cm³/mol. The Hall–Kier alpha value is -0.210. The number of ether oxygens (including phenoxy) is 1. The highest BCUT2D eigenvalue weighted by atomic mass is 79.9. The van der Waals surface area contributed by atoms with E-state index in [1.807, 2.05) is 0 Å².